The molecule has 3 N–H and O–H groups in total. The molecule has 1 aliphatic heterocycles. The average Bonchev–Trinajstić information content (AvgIpc) is 3.74. The van der Waals surface area contributed by atoms with E-state index in [1.165, 1.54) is 0 Å². The van der Waals surface area contributed by atoms with Crippen LogP contribution in [-0.2, 0) is 79.6 Å². The Morgan fingerprint density at radius 3 is 1.47 bits per heavy atom. The zero-order valence-corrected chi connectivity index (χ0v) is 32.9. The van der Waals surface area contributed by atoms with Gasteiger partial charge < -0.3 is 62.9 Å². The van der Waals surface area contributed by atoms with Crippen molar-refractivity contribution in [3.05, 3.63) is 11.9 Å². The average molecular weight is 812 g/mol. The standard InChI is InChI=1S/C34H61N5O15S/c1-2-44-5-6-46-9-10-48-13-14-50-17-18-52-21-22-54-24-23-53-20-19-51-16-15-49-12-11-47-8-7-45-4-3-38-26-29(36-37-38)27-39-32(40)25-31(33(39)41)55-28-30(35)34(42)43/h26,30-31H,2-25,27-28,35H2,1H3,(H,42,43). The van der Waals surface area contributed by atoms with Crippen LogP contribution < -0.4 is 5.73 Å². The van der Waals surface area contributed by atoms with Crippen LogP contribution in [0.25, 0.3) is 0 Å². The van der Waals surface area contributed by atoms with E-state index in [-0.39, 0.29) is 30.5 Å². The zero-order valence-electron chi connectivity index (χ0n) is 32.1. The van der Waals surface area contributed by atoms with Crippen molar-refractivity contribution in [3.63, 3.8) is 0 Å². The van der Waals surface area contributed by atoms with Gasteiger partial charge >= 0.3 is 5.97 Å². The molecule has 20 nitrogen and oxygen atoms in total. The summed E-state index contributed by atoms with van der Waals surface area (Å²) in [5, 5.41) is 16.3. The van der Waals surface area contributed by atoms with Crippen molar-refractivity contribution >= 4 is 29.5 Å². The number of carbonyl (C=O) groups is 3. The number of nitrogens with zero attached hydrogens (tertiary/aromatic N) is 4. The lowest BCUT2D eigenvalue weighted by Crippen LogP contribution is -2.34. The molecule has 1 fully saturated rings. The number of likely N-dealkylation sites (tertiary alicyclic amines) is 1. The van der Waals surface area contributed by atoms with Gasteiger partial charge in [-0.2, -0.15) is 0 Å². The van der Waals surface area contributed by atoms with Gasteiger partial charge in [-0.05, 0) is 6.92 Å². The first-order chi connectivity index (χ1) is 26.9. The van der Waals surface area contributed by atoms with Crippen molar-refractivity contribution in [2.24, 2.45) is 5.73 Å². The van der Waals surface area contributed by atoms with Crippen molar-refractivity contribution in [2.75, 3.05) is 151 Å². The topological polar surface area (TPSA) is 233 Å². The van der Waals surface area contributed by atoms with E-state index in [0.717, 1.165) is 16.7 Å². The molecular weight excluding hydrogens is 750 g/mol. The van der Waals surface area contributed by atoms with E-state index in [0.29, 0.717) is 158 Å². The maximum absolute atomic E-state index is 12.6. The van der Waals surface area contributed by atoms with E-state index in [4.69, 9.17) is 62.9 Å². The summed E-state index contributed by atoms with van der Waals surface area (Å²) in [5.41, 5.74) is 5.95. The molecule has 1 aliphatic rings. The lowest BCUT2D eigenvalue weighted by molar-refractivity contribution is -0.139. The molecule has 0 spiro atoms. The summed E-state index contributed by atoms with van der Waals surface area (Å²) in [5.74, 6) is -1.84. The maximum Gasteiger partial charge on any atom is 0.321 e. The molecule has 0 bridgehead atoms. The molecule has 55 heavy (non-hydrogen) atoms. The summed E-state index contributed by atoms with van der Waals surface area (Å²) in [4.78, 5) is 37.0. The highest BCUT2D eigenvalue weighted by molar-refractivity contribution is 8.00. The van der Waals surface area contributed by atoms with Crippen LogP contribution in [-0.4, -0.2) is 205 Å². The zero-order chi connectivity index (χ0) is 39.6. The molecule has 2 amide bonds. The van der Waals surface area contributed by atoms with Crippen LogP contribution in [0.4, 0.5) is 0 Å². The second-order valence-corrected chi connectivity index (χ2v) is 12.8. The van der Waals surface area contributed by atoms with E-state index >= 15 is 0 Å². The number of carbonyl (C=O) groups excluding carboxylic acids is 2. The molecule has 21 heteroatoms. The van der Waals surface area contributed by atoms with E-state index in [1.807, 2.05) is 6.92 Å². The molecular formula is C34H61N5O15S. The van der Waals surface area contributed by atoms with Gasteiger partial charge in [0, 0.05) is 18.8 Å². The van der Waals surface area contributed by atoms with E-state index in [2.05, 4.69) is 10.3 Å². The van der Waals surface area contributed by atoms with Crippen molar-refractivity contribution in [1.29, 1.82) is 0 Å². The second kappa shape index (κ2) is 33.7. The van der Waals surface area contributed by atoms with Crippen LogP contribution in [0.5, 0.6) is 0 Å². The molecule has 2 heterocycles. The number of rotatable bonds is 40. The number of ether oxygens (including phenoxy) is 11. The van der Waals surface area contributed by atoms with Crippen LogP contribution in [0.1, 0.15) is 19.0 Å². The van der Waals surface area contributed by atoms with Gasteiger partial charge in [0.05, 0.1) is 163 Å². The lowest BCUT2D eigenvalue weighted by Gasteiger charge is -2.13. The van der Waals surface area contributed by atoms with Gasteiger partial charge in [-0.25, -0.2) is 4.68 Å². The summed E-state index contributed by atoms with van der Waals surface area (Å²) in [6, 6.07) is -1.10. The fraction of sp³-hybridized carbons (Fsp3) is 0.853. The Morgan fingerprint density at radius 2 is 1.09 bits per heavy atom. The van der Waals surface area contributed by atoms with Crippen LogP contribution in [0.15, 0.2) is 6.20 Å². The summed E-state index contributed by atoms with van der Waals surface area (Å²) in [7, 11) is 0. The summed E-state index contributed by atoms with van der Waals surface area (Å²) in [6.45, 7) is 13.2. The first kappa shape index (κ1) is 48.8. The maximum atomic E-state index is 12.6. The second-order valence-electron chi connectivity index (χ2n) is 11.6. The molecule has 1 saturated heterocycles. The molecule has 1 aromatic rings. The molecule has 0 aromatic carbocycles. The van der Waals surface area contributed by atoms with Crippen molar-refractivity contribution in [1.82, 2.24) is 19.9 Å². The highest BCUT2D eigenvalue weighted by Gasteiger charge is 2.39. The summed E-state index contributed by atoms with van der Waals surface area (Å²) >= 11 is 1.07. The van der Waals surface area contributed by atoms with Gasteiger partial charge in [0.1, 0.15) is 11.7 Å². The Bertz CT molecular complexity index is 1120. The third-order valence-electron chi connectivity index (χ3n) is 7.29. The number of hydrogen-bond acceptors (Lipinski definition) is 18. The molecule has 0 aliphatic carbocycles. The Morgan fingerprint density at radius 1 is 0.709 bits per heavy atom. The SMILES string of the molecule is CCOCCOCCOCCOCCOCCOCCOCCOCCOCCOCCOCCn1cc(CN2C(=O)CC(SCC(N)C(=O)O)C2=O)nn1. The van der Waals surface area contributed by atoms with Crippen molar-refractivity contribution < 1.29 is 71.6 Å². The minimum absolute atomic E-state index is 0.00238. The van der Waals surface area contributed by atoms with Crippen LogP contribution in [0, 0.1) is 0 Å². The highest BCUT2D eigenvalue weighted by atomic mass is 32.2. The van der Waals surface area contributed by atoms with Gasteiger partial charge in [-0.1, -0.05) is 5.21 Å². The Balaban J connectivity index is 1.26. The first-order valence-electron chi connectivity index (χ1n) is 18.6. The third kappa shape index (κ3) is 25.5. The Labute approximate surface area is 327 Å². The van der Waals surface area contributed by atoms with E-state index < -0.39 is 17.3 Å². The number of nitrogens with two attached hydrogens (primary N) is 1. The van der Waals surface area contributed by atoms with E-state index in [1.54, 1.807) is 10.9 Å². The Kier molecular flexibility index (Phi) is 29.9. The molecule has 0 radical (unpaired) electrons. The first-order valence-corrected chi connectivity index (χ1v) is 19.7. The Hall–Kier alpha value is -2.38. The number of thioether (sulfide) groups is 1. The van der Waals surface area contributed by atoms with E-state index in [9.17, 15) is 14.4 Å². The quantitative estimate of drug-likeness (QED) is 0.0613. The van der Waals surface area contributed by atoms with Gasteiger partial charge in [0.15, 0.2) is 0 Å². The van der Waals surface area contributed by atoms with Crippen molar-refractivity contribution in [3.8, 4) is 0 Å². The summed E-state index contributed by atoms with van der Waals surface area (Å²) in [6.07, 6.45) is 1.65. The number of carboxylic acid groups (broad SMARTS) is 1. The largest absolute Gasteiger partial charge is 0.480 e. The third-order valence-corrected chi connectivity index (χ3v) is 8.61. The molecule has 1 aromatic heterocycles. The lowest BCUT2D eigenvalue weighted by atomic mass is 10.3. The predicted octanol–water partition coefficient (Wildman–Crippen LogP) is -0.747. The van der Waals surface area contributed by atoms with Gasteiger partial charge in [-0.3, -0.25) is 19.3 Å². The normalized spacial score (nSPS) is 15.1. The minimum atomic E-state index is -1.15. The molecule has 2 unspecified atom stereocenters. The summed E-state index contributed by atoms with van der Waals surface area (Å²) < 4.78 is 61.5. The number of aliphatic carboxylic acids is 1. The number of hydrogen-bond donors (Lipinski definition) is 2. The fourth-order valence-electron chi connectivity index (χ4n) is 4.42. The monoisotopic (exact) mass is 811 g/mol. The van der Waals surface area contributed by atoms with Crippen LogP contribution >= 0.6 is 11.8 Å². The van der Waals surface area contributed by atoms with Gasteiger partial charge in [0.2, 0.25) is 11.8 Å². The highest BCUT2D eigenvalue weighted by Crippen LogP contribution is 2.26. The van der Waals surface area contributed by atoms with Crippen molar-refractivity contribution in [2.45, 2.75) is 37.7 Å². The molecule has 2 rings (SSSR count). The number of imide groups is 1. The molecule has 318 valence electrons. The van der Waals surface area contributed by atoms with Gasteiger partial charge in [0.25, 0.3) is 0 Å². The number of amides is 2. The molecule has 2 atom stereocenters. The smallest absolute Gasteiger partial charge is 0.321 e. The predicted molar refractivity (Wildman–Crippen MR) is 197 cm³/mol. The number of aromatic nitrogens is 3. The number of carboxylic acids is 1. The van der Waals surface area contributed by atoms with Crippen LogP contribution in [0.2, 0.25) is 0 Å². The van der Waals surface area contributed by atoms with Crippen LogP contribution in [0.3, 0.4) is 0 Å². The fourth-order valence-corrected chi connectivity index (χ4v) is 5.54. The van der Waals surface area contributed by atoms with Gasteiger partial charge in [-0.15, -0.1) is 16.9 Å². The minimum Gasteiger partial charge on any atom is -0.480 e. The molecule has 0 saturated carbocycles.